The van der Waals surface area contributed by atoms with Gasteiger partial charge in [0, 0.05) is 30.9 Å². The van der Waals surface area contributed by atoms with E-state index in [2.05, 4.69) is 0 Å². The number of nitrogens with two attached hydrogens (primary N) is 1. The molecule has 2 N–H and O–H groups in total. The number of pyridine rings is 1. The number of hydrogen-bond donors (Lipinski definition) is 1. The number of ether oxygens (including phenoxy) is 2. The van der Waals surface area contributed by atoms with Gasteiger partial charge in [-0.2, -0.15) is 0 Å². The fourth-order valence-electron chi connectivity index (χ4n) is 2.82. The Labute approximate surface area is 169 Å². The fourth-order valence-corrected chi connectivity index (χ4v) is 2.82. The summed E-state index contributed by atoms with van der Waals surface area (Å²) in [5.74, 6) is -3.95. The number of rotatable bonds is 7. The Morgan fingerprint density at radius 2 is 1.63 bits per heavy atom. The highest BCUT2D eigenvalue weighted by molar-refractivity contribution is 6.11. The Morgan fingerprint density at radius 1 is 1.00 bits per heavy atom. The molecule has 0 aliphatic carbocycles. The minimum absolute atomic E-state index is 0.0679. The average Bonchev–Trinajstić information content (AvgIpc) is 2.70. The molecule has 3 aromatic rings. The van der Waals surface area contributed by atoms with Gasteiger partial charge in [0.2, 0.25) is 0 Å². The van der Waals surface area contributed by atoms with Gasteiger partial charge >= 0.3 is 0 Å². The zero-order valence-electron chi connectivity index (χ0n) is 15.8. The molecule has 0 bridgehead atoms. The molecule has 1 heterocycles. The van der Waals surface area contributed by atoms with Crippen molar-refractivity contribution in [3.8, 4) is 11.4 Å². The summed E-state index contributed by atoms with van der Waals surface area (Å²) in [4.78, 5) is 25.0. The molecule has 1 aromatic heterocycles. The van der Waals surface area contributed by atoms with Crippen molar-refractivity contribution < 1.29 is 27.4 Å². The standard InChI is InChI=1S/C21H17F3N2O4/c1-29-8-9-30-14-10-16(23)19(17(24)11-14)26-18(27)7-6-15(21(26)25)20(28)12-2-4-13(22)5-3-12/h2-7,10-11H,8-9,25H2,1H3. The van der Waals surface area contributed by atoms with E-state index in [1.807, 2.05) is 0 Å². The van der Waals surface area contributed by atoms with E-state index in [4.69, 9.17) is 15.2 Å². The zero-order valence-corrected chi connectivity index (χ0v) is 15.8. The summed E-state index contributed by atoms with van der Waals surface area (Å²) in [6.07, 6.45) is 0. The number of nitrogens with zero attached hydrogens (tertiary/aromatic N) is 1. The smallest absolute Gasteiger partial charge is 0.256 e. The van der Waals surface area contributed by atoms with Crippen LogP contribution in [0.1, 0.15) is 15.9 Å². The normalized spacial score (nSPS) is 10.8. The molecule has 0 aliphatic rings. The van der Waals surface area contributed by atoms with Crippen LogP contribution >= 0.6 is 0 Å². The Morgan fingerprint density at radius 3 is 2.23 bits per heavy atom. The first-order chi connectivity index (χ1) is 14.3. The van der Waals surface area contributed by atoms with E-state index in [-0.39, 0.29) is 30.1 Å². The second-order valence-electron chi connectivity index (χ2n) is 6.22. The van der Waals surface area contributed by atoms with Crippen molar-refractivity contribution in [3.63, 3.8) is 0 Å². The number of nitrogen functional groups attached to an aromatic ring is 1. The molecule has 156 valence electrons. The third-order valence-corrected chi connectivity index (χ3v) is 4.25. The fraction of sp³-hybridized carbons (Fsp3) is 0.143. The number of carbonyl (C=O) groups is 1. The number of methoxy groups -OCH3 is 1. The van der Waals surface area contributed by atoms with Crippen LogP contribution in [0, 0.1) is 17.5 Å². The van der Waals surface area contributed by atoms with Crippen LogP contribution in [0.2, 0.25) is 0 Å². The Hall–Kier alpha value is -3.59. The second-order valence-corrected chi connectivity index (χ2v) is 6.22. The molecule has 0 spiro atoms. The lowest BCUT2D eigenvalue weighted by atomic mass is 10.0. The van der Waals surface area contributed by atoms with E-state index < -0.39 is 40.3 Å². The second kappa shape index (κ2) is 8.83. The van der Waals surface area contributed by atoms with Gasteiger partial charge in [0.15, 0.2) is 17.4 Å². The van der Waals surface area contributed by atoms with Gasteiger partial charge in [0.05, 0.1) is 12.2 Å². The highest BCUT2D eigenvalue weighted by atomic mass is 19.1. The summed E-state index contributed by atoms with van der Waals surface area (Å²) in [5.41, 5.74) is 4.29. The lowest BCUT2D eigenvalue weighted by Gasteiger charge is -2.15. The predicted octanol–water partition coefficient (Wildman–Crippen LogP) is 3.09. The first-order valence-corrected chi connectivity index (χ1v) is 8.76. The third kappa shape index (κ3) is 4.20. The first-order valence-electron chi connectivity index (χ1n) is 8.76. The van der Waals surface area contributed by atoms with Crippen LogP contribution in [0.15, 0.2) is 53.3 Å². The third-order valence-electron chi connectivity index (χ3n) is 4.25. The monoisotopic (exact) mass is 418 g/mol. The van der Waals surface area contributed by atoms with Crippen LogP contribution in [0.5, 0.6) is 5.75 Å². The maximum absolute atomic E-state index is 14.7. The minimum atomic E-state index is -1.11. The maximum Gasteiger partial charge on any atom is 0.256 e. The molecule has 0 fully saturated rings. The molecule has 3 rings (SSSR count). The topological polar surface area (TPSA) is 83.5 Å². The van der Waals surface area contributed by atoms with Crippen molar-refractivity contribution in [1.29, 1.82) is 0 Å². The molecular weight excluding hydrogens is 401 g/mol. The van der Waals surface area contributed by atoms with Gasteiger partial charge in [0.1, 0.15) is 29.7 Å². The average molecular weight is 418 g/mol. The van der Waals surface area contributed by atoms with Gasteiger partial charge in [0.25, 0.3) is 5.56 Å². The van der Waals surface area contributed by atoms with E-state index in [0.29, 0.717) is 4.57 Å². The van der Waals surface area contributed by atoms with Crippen molar-refractivity contribution in [2.75, 3.05) is 26.1 Å². The number of hydrogen-bond acceptors (Lipinski definition) is 5. The SMILES string of the molecule is COCCOc1cc(F)c(-n2c(N)c(C(=O)c3ccc(F)cc3)ccc2=O)c(F)c1. The van der Waals surface area contributed by atoms with Gasteiger partial charge in [-0.15, -0.1) is 0 Å². The summed E-state index contributed by atoms with van der Waals surface area (Å²) < 4.78 is 53.0. The van der Waals surface area contributed by atoms with Crippen LogP contribution in [-0.2, 0) is 4.74 Å². The van der Waals surface area contributed by atoms with Crippen molar-refractivity contribution in [1.82, 2.24) is 4.57 Å². The van der Waals surface area contributed by atoms with Crippen molar-refractivity contribution >= 4 is 11.6 Å². The lowest BCUT2D eigenvalue weighted by Crippen LogP contribution is -2.25. The largest absolute Gasteiger partial charge is 0.491 e. The van der Waals surface area contributed by atoms with Gasteiger partial charge in [-0.3, -0.25) is 14.2 Å². The molecular formula is C21H17F3N2O4. The minimum Gasteiger partial charge on any atom is -0.491 e. The molecule has 2 aromatic carbocycles. The van der Waals surface area contributed by atoms with Crippen molar-refractivity contribution in [2.45, 2.75) is 0 Å². The summed E-state index contributed by atoms with van der Waals surface area (Å²) >= 11 is 0. The molecule has 9 heteroatoms. The number of halogens is 3. The molecule has 30 heavy (non-hydrogen) atoms. The Kier molecular flexibility index (Phi) is 6.22. The summed E-state index contributed by atoms with van der Waals surface area (Å²) in [6, 6.07) is 8.55. The van der Waals surface area contributed by atoms with E-state index in [9.17, 15) is 22.8 Å². The van der Waals surface area contributed by atoms with Crippen molar-refractivity contribution in [3.05, 3.63) is 87.5 Å². The highest BCUT2D eigenvalue weighted by Crippen LogP contribution is 2.26. The predicted molar refractivity (Wildman–Crippen MR) is 104 cm³/mol. The van der Waals surface area contributed by atoms with Crippen LogP contribution in [-0.4, -0.2) is 30.7 Å². The van der Waals surface area contributed by atoms with Crippen molar-refractivity contribution in [2.24, 2.45) is 0 Å². The number of aromatic nitrogens is 1. The summed E-state index contributed by atoms with van der Waals surface area (Å²) in [7, 11) is 1.45. The molecule has 6 nitrogen and oxygen atoms in total. The summed E-state index contributed by atoms with van der Waals surface area (Å²) in [6.45, 7) is 0.281. The maximum atomic E-state index is 14.7. The van der Waals surface area contributed by atoms with Gasteiger partial charge in [-0.25, -0.2) is 13.2 Å². The van der Waals surface area contributed by atoms with Crippen LogP contribution < -0.4 is 16.0 Å². The summed E-state index contributed by atoms with van der Waals surface area (Å²) in [5, 5.41) is 0. The van der Waals surface area contributed by atoms with Gasteiger partial charge < -0.3 is 15.2 Å². The van der Waals surface area contributed by atoms with E-state index >= 15 is 0 Å². The van der Waals surface area contributed by atoms with Gasteiger partial charge in [-0.1, -0.05) is 0 Å². The molecule has 0 saturated carbocycles. The number of anilines is 1. The quantitative estimate of drug-likeness (QED) is 0.471. The Bertz CT molecular complexity index is 1120. The van der Waals surface area contributed by atoms with Crippen LogP contribution in [0.4, 0.5) is 19.0 Å². The molecule has 0 amide bonds. The molecule has 0 radical (unpaired) electrons. The number of carbonyl (C=O) groups excluding carboxylic acids is 1. The Balaban J connectivity index is 2.07. The van der Waals surface area contributed by atoms with E-state index in [0.717, 1.165) is 36.4 Å². The first kappa shape index (κ1) is 21.1. The van der Waals surface area contributed by atoms with Crippen LogP contribution in [0.3, 0.4) is 0 Å². The number of ketones is 1. The van der Waals surface area contributed by atoms with E-state index in [1.54, 1.807) is 0 Å². The zero-order chi connectivity index (χ0) is 21.8. The number of benzene rings is 2. The molecule has 0 saturated heterocycles. The molecule has 0 aliphatic heterocycles. The van der Waals surface area contributed by atoms with E-state index in [1.165, 1.54) is 19.2 Å². The molecule has 0 unspecified atom stereocenters. The van der Waals surface area contributed by atoms with Crippen LogP contribution in [0.25, 0.3) is 5.69 Å². The molecule has 0 atom stereocenters. The lowest BCUT2D eigenvalue weighted by molar-refractivity contribution is 0.103. The highest BCUT2D eigenvalue weighted by Gasteiger charge is 2.22. The van der Waals surface area contributed by atoms with Gasteiger partial charge in [-0.05, 0) is 30.3 Å².